The normalized spacial score (nSPS) is 15.5. The van der Waals surface area contributed by atoms with Gasteiger partial charge in [-0.3, -0.25) is 18.8 Å². The van der Waals surface area contributed by atoms with Gasteiger partial charge in [0, 0.05) is 77.3 Å². The molecule has 6 aromatic carbocycles. The number of nitrogens with two attached hydrogens (primary N) is 1. The number of carbonyl (C=O) groups excluding carboxylic acids is 1. The molecule has 0 bridgehead atoms. The van der Waals surface area contributed by atoms with Gasteiger partial charge in [-0.1, -0.05) is 72.8 Å². The molecule has 0 saturated carbocycles. The quantitative estimate of drug-likeness (QED) is 0.0299. The van der Waals surface area contributed by atoms with Gasteiger partial charge >= 0.3 is 0 Å². The molecule has 1 fully saturated rings. The van der Waals surface area contributed by atoms with E-state index in [1.807, 2.05) is 45.2 Å². The molecular weight excluding hydrogens is 1020 g/mol. The van der Waals surface area contributed by atoms with Crippen LogP contribution in [0.5, 0.6) is 0 Å². The fourth-order valence-electron chi connectivity index (χ4n) is 8.04. The molecule has 1 atom stereocenters. The number of benzene rings is 6. The molecule has 0 aliphatic carbocycles. The largest absolute Gasteiger partial charge is 2.00 e. The number of hydrogen-bond donors (Lipinski definition) is 5. The van der Waals surface area contributed by atoms with Crippen molar-refractivity contribution in [1.82, 2.24) is 9.80 Å². The van der Waals surface area contributed by atoms with Crippen LogP contribution in [0.3, 0.4) is 0 Å². The maximum Gasteiger partial charge on any atom is 0.295 e. The summed E-state index contributed by atoms with van der Waals surface area (Å²) in [7, 11) is -7.28. The third-order valence-electron chi connectivity index (χ3n) is 11.0. The SMILES string of the molecule is CN(CCN1CC(=O)N(c2c(N=Nc3ccc(-c4ccc(N=Nc5cc(S(=O)(=O)O)c6ccccc6c5N)cc4)cc3)cc(S(=O)(=O)O)c3ccccc23)C(C(C)(C)S)C1)CC(C)(C)S.[99Tc].[O-2]. The maximum absolute atomic E-state index is 14.4. The van der Waals surface area contributed by atoms with Crippen LogP contribution in [0, 0.1) is 0 Å². The molecule has 67 heavy (non-hydrogen) atoms. The van der Waals surface area contributed by atoms with E-state index < -0.39 is 31.0 Å². The average molecular weight is 1070 g/mol. The molecule has 1 radical (unpaired) electrons. The Morgan fingerprint density at radius 1 is 0.716 bits per heavy atom. The topological polar surface area (TPSA) is 239 Å². The van der Waals surface area contributed by atoms with Crippen molar-refractivity contribution in [3.8, 4) is 11.1 Å². The van der Waals surface area contributed by atoms with Gasteiger partial charge in [-0.05, 0) is 82.3 Å². The van der Waals surface area contributed by atoms with Crippen molar-refractivity contribution in [2.75, 3.05) is 50.4 Å². The molecule has 4 N–H and O–H groups in total. The van der Waals surface area contributed by atoms with E-state index in [9.17, 15) is 30.7 Å². The standard InChI is InChI=1S/C46H50N8O7S4.O.Tc/c1-45(2,62)28-52(5)22-23-53-26-41(46(3,4)63)54(42(55)27-53)44-36-13-9-7-11-34(36)40(65(59,60)61)25-38(44)51-49-32-20-16-30(17-21-32)29-14-18-31(19-15-29)48-50-37-24-39(64(56,57)58)33-10-6-8-12-35(33)43(37)47;;/h6-21,24-25,41,62-63H,22-23,26-28,47H2,1-5H3,(H,56,57,58)(H,59,60,61);;/q;-2;/i;;1+1. The molecule has 1 unspecified atom stereocenters. The number of thiol groups is 2. The van der Waals surface area contributed by atoms with Crippen LogP contribution >= 0.6 is 25.3 Å². The zero-order valence-corrected chi connectivity index (χ0v) is 42.4. The van der Waals surface area contributed by atoms with Gasteiger partial charge in [0.2, 0.25) is 5.91 Å². The summed E-state index contributed by atoms with van der Waals surface area (Å²) in [6.07, 6.45) is 0. The van der Waals surface area contributed by atoms with E-state index in [0.717, 1.165) is 17.7 Å². The number of hydrogen-bond acceptors (Lipinski definition) is 14. The minimum Gasteiger partial charge on any atom is -2.00 e. The summed E-state index contributed by atoms with van der Waals surface area (Å²) in [5.41, 5.74) is 9.58. The minimum absolute atomic E-state index is 0. The Kier molecular flexibility index (Phi) is 16.7. The molecular formula is C46H50N8O8S4Tc-2. The fraction of sp³-hybridized carbons (Fsp3) is 0.283. The third kappa shape index (κ3) is 12.5. The Bertz CT molecular complexity index is 3070. The van der Waals surface area contributed by atoms with Crippen LogP contribution in [0.4, 0.5) is 34.1 Å². The summed E-state index contributed by atoms with van der Waals surface area (Å²) in [6, 6.07) is 29.4. The zero-order chi connectivity index (χ0) is 47.1. The van der Waals surface area contributed by atoms with Crippen LogP contribution < -0.4 is 10.6 Å². The van der Waals surface area contributed by atoms with Gasteiger partial charge in [-0.2, -0.15) is 52.3 Å². The van der Waals surface area contributed by atoms with E-state index in [-0.39, 0.29) is 80.4 Å². The Morgan fingerprint density at radius 2 is 1.16 bits per heavy atom. The smallest absolute Gasteiger partial charge is 0.295 e. The number of azo groups is 2. The molecule has 0 aromatic heterocycles. The second kappa shape index (κ2) is 20.9. The summed E-state index contributed by atoms with van der Waals surface area (Å²) in [6.45, 7) is 10.7. The number of piperazine rings is 1. The van der Waals surface area contributed by atoms with Crippen molar-refractivity contribution in [1.29, 1.82) is 0 Å². The first-order valence-electron chi connectivity index (χ1n) is 20.5. The Balaban J connectivity index is 0.00000420. The number of likely N-dealkylation sites (N-methyl/N-ethyl adjacent to an activating group) is 1. The number of amides is 1. The molecule has 1 aliphatic heterocycles. The van der Waals surface area contributed by atoms with Crippen molar-refractivity contribution >= 4 is 107 Å². The van der Waals surface area contributed by atoms with E-state index in [0.29, 0.717) is 47.5 Å². The minimum atomic E-state index is -4.74. The molecule has 355 valence electrons. The summed E-state index contributed by atoms with van der Waals surface area (Å²) in [5.74, 6) is -0.220. The van der Waals surface area contributed by atoms with Crippen molar-refractivity contribution in [3.05, 3.63) is 109 Å². The van der Waals surface area contributed by atoms with Crippen molar-refractivity contribution in [3.63, 3.8) is 0 Å². The van der Waals surface area contributed by atoms with E-state index >= 15 is 0 Å². The van der Waals surface area contributed by atoms with Gasteiger partial charge in [0.25, 0.3) is 20.2 Å². The molecule has 1 heterocycles. The summed E-state index contributed by atoms with van der Waals surface area (Å²) in [4.78, 5) is 19.7. The van der Waals surface area contributed by atoms with Gasteiger partial charge in [0.1, 0.15) is 21.2 Å². The molecule has 1 saturated heterocycles. The first-order chi connectivity index (χ1) is 30.5. The van der Waals surface area contributed by atoms with Crippen molar-refractivity contribution < 1.29 is 56.3 Å². The van der Waals surface area contributed by atoms with Crippen molar-refractivity contribution in [2.24, 2.45) is 20.5 Å². The van der Waals surface area contributed by atoms with Crippen LogP contribution in [-0.2, 0) is 50.6 Å². The van der Waals surface area contributed by atoms with Crippen LogP contribution in [0.2, 0.25) is 0 Å². The van der Waals surface area contributed by atoms with Gasteiger partial charge < -0.3 is 21.0 Å². The predicted molar refractivity (Wildman–Crippen MR) is 264 cm³/mol. The number of rotatable bonds is 14. The first-order valence-corrected chi connectivity index (χ1v) is 24.3. The fourth-order valence-corrected chi connectivity index (χ4v) is 9.91. The number of carbonyl (C=O) groups is 1. The molecule has 7 rings (SSSR count). The van der Waals surface area contributed by atoms with E-state index in [4.69, 9.17) is 18.4 Å². The number of nitrogens with zero attached hydrogens (tertiary/aromatic N) is 7. The Hall–Kier alpha value is -4.64. The molecule has 6 aromatic rings. The van der Waals surface area contributed by atoms with E-state index in [1.165, 1.54) is 12.1 Å². The average Bonchev–Trinajstić information content (AvgIpc) is 3.23. The van der Waals surface area contributed by atoms with Crippen LogP contribution in [0.15, 0.2) is 139 Å². The van der Waals surface area contributed by atoms with Crippen LogP contribution in [0.25, 0.3) is 32.7 Å². The predicted octanol–water partition coefficient (Wildman–Crippen LogP) is 9.81. The van der Waals surface area contributed by atoms with E-state index in [2.05, 4.69) is 56.7 Å². The van der Waals surface area contributed by atoms with Gasteiger partial charge in [0.05, 0.1) is 35.3 Å². The second-order valence-electron chi connectivity index (χ2n) is 17.3. The molecule has 0 spiro atoms. The molecule has 21 heteroatoms. The number of anilines is 2. The van der Waals surface area contributed by atoms with Gasteiger partial charge in [-0.15, -0.1) is 10.2 Å². The molecule has 1 aliphatic rings. The maximum atomic E-state index is 14.4. The number of nitrogen functional groups attached to an aromatic ring is 1. The monoisotopic (exact) mass is 1070 g/mol. The Morgan fingerprint density at radius 3 is 1.64 bits per heavy atom. The van der Waals surface area contributed by atoms with Gasteiger partial charge in [-0.25, -0.2) is 0 Å². The Labute approximate surface area is 414 Å². The molecule has 1 amide bonds. The van der Waals surface area contributed by atoms with Crippen LogP contribution in [-0.4, -0.2) is 97.0 Å². The summed E-state index contributed by atoms with van der Waals surface area (Å²) < 4.78 is 69.3. The van der Waals surface area contributed by atoms with Gasteiger partial charge in [0.15, 0.2) is 0 Å². The number of fused-ring (bicyclic) bond motifs is 2. The van der Waals surface area contributed by atoms with Crippen LogP contribution in [0.1, 0.15) is 27.7 Å². The summed E-state index contributed by atoms with van der Waals surface area (Å²) in [5, 5.41) is 18.8. The van der Waals surface area contributed by atoms with Crippen molar-refractivity contribution in [2.45, 2.75) is 53.0 Å². The zero-order valence-electron chi connectivity index (χ0n) is 37.1. The molecule has 16 nitrogen and oxygen atoms in total. The first kappa shape index (κ1) is 53.3. The summed E-state index contributed by atoms with van der Waals surface area (Å²) >= 11 is 9.65. The van der Waals surface area contributed by atoms with E-state index in [1.54, 1.807) is 77.7 Å². The third-order valence-corrected chi connectivity index (χ3v) is 13.3. The second-order valence-corrected chi connectivity index (χ2v) is 22.4.